The van der Waals surface area contributed by atoms with Crippen molar-refractivity contribution in [2.75, 3.05) is 0 Å². The molecule has 2 N–H and O–H groups in total. The molecule has 8 aliphatic rings. The standard InChI is InChI=1S/C33H40F18O4.C31H36F18O5/c1-4-26(31(43,44)45,21(55-53)25-12-16-9-17(13-25)11-18(10-16)14-25)15-23(2,28(34,35)36)22(52)54-27(32(46,47)48,33(49,50)51)20-7-5-19(6-8-20)24(3,29(37,38)39)30(40,41)42;1-13-14-10-18(23(11-14,27(35,36)37)20(51)53-21(2,3)4)17(13)12-22(5,26(32,33)34)19(50)54-25(30(44,45)46,31(47,48)49)16-8-6-15(7-9-16)24(52,28(38,39)40)29(41,42)43/h16-21,53H,4-15H2,1-3H3;13-18,52H,6-12H2,1-5H3. The Balaban J connectivity index is 0.000000341. The zero-order valence-electron chi connectivity index (χ0n) is 58.2. The van der Waals surface area contributed by atoms with Crippen LogP contribution in [-0.2, 0) is 33.5 Å². The fourth-order valence-electron chi connectivity index (χ4n) is 19.5. The van der Waals surface area contributed by atoms with E-state index in [1.807, 2.05) is 0 Å². The molecule has 8 rings (SSSR count). The van der Waals surface area contributed by atoms with Crippen LogP contribution in [0.4, 0.5) is 158 Å². The Morgan fingerprint density at radius 2 is 0.761 bits per heavy atom. The van der Waals surface area contributed by atoms with Gasteiger partial charge in [-0.1, -0.05) is 13.8 Å². The SMILES string of the molecule is CC1C2CC(C1CC(C)(C(=O)OC(C1CCC(C(O)(C(F)(F)F)C(F)(F)F)CC1)(C(F)(F)F)C(F)(F)F)C(F)(F)F)C(C(=O)OC(C)(C)C)(C(F)(F)F)C2.CCC(CC(C)(C(=O)OC(C1CCC(C(C)(C(F)(F)F)C(F)(F)F)CC1)(C(F)(F)F)C(F)(F)F)C(F)(F)F)(C(OO)C12CC3CC(CC(C3)C1)C2)C(F)(F)F. The van der Waals surface area contributed by atoms with Crippen molar-refractivity contribution in [1.29, 1.82) is 0 Å². The number of fused-ring (bicyclic) bond motifs is 2. The Morgan fingerprint density at radius 1 is 0.422 bits per heavy atom. The zero-order valence-corrected chi connectivity index (χ0v) is 58.2. The number of aliphatic hydroxyl groups is 1. The van der Waals surface area contributed by atoms with E-state index < -0.39 is 291 Å². The maximum Gasteiger partial charge on any atom is 0.437 e. The van der Waals surface area contributed by atoms with Crippen LogP contribution in [0.1, 0.15) is 177 Å². The van der Waals surface area contributed by atoms with Crippen molar-refractivity contribution in [3.8, 4) is 0 Å². The largest absolute Gasteiger partial charge is 0.459 e. The summed E-state index contributed by atoms with van der Waals surface area (Å²) in [6.45, 7) is 4.34. The topological polar surface area (TPSA) is 129 Å². The highest BCUT2D eigenvalue weighted by Crippen LogP contribution is 2.73. The molecule has 0 amide bonds. The first-order chi connectivity index (χ1) is 48.2. The van der Waals surface area contributed by atoms with Crippen LogP contribution in [-0.4, -0.2) is 131 Å². The number of carbonyl (C=O) groups is 3. The van der Waals surface area contributed by atoms with Crippen molar-refractivity contribution < 1.29 is 202 Å². The number of esters is 3. The number of carbonyl (C=O) groups excluding carboxylic acids is 3. The molecule has 0 radical (unpaired) electrons. The maximum absolute atomic E-state index is 15.4. The third kappa shape index (κ3) is 15.6. The van der Waals surface area contributed by atoms with Crippen LogP contribution in [0.15, 0.2) is 0 Å². The van der Waals surface area contributed by atoms with Gasteiger partial charge in [-0.05, 0) is 211 Å². The monoisotopic (exact) mass is 1670 g/mol. The van der Waals surface area contributed by atoms with E-state index in [0.717, 1.165) is 6.92 Å². The quantitative estimate of drug-likeness (QED) is 0.0481. The zero-order chi connectivity index (χ0) is 84.9. The van der Waals surface area contributed by atoms with E-state index >= 15 is 26.3 Å². The predicted molar refractivity (Wildman–Crippen MR) is 298 cm³/mol. The second kappa shape index (κ2) is 28.6. The van der Waals surface area contributed by atoms with Gasteiger partial charge in [-0.15, -0.1) is 0 Å². The first-order valence-electron chi connectivity index (χ1n) is 33.7. The Labute approximate surface area is 596 Å². The first-order valence-corrected chi connectivity index (χ1v) is 33.7. The third-order valence-electron chi connectivity index (χ3n) is 25.1. The summed E-state index contributed by atoms with van der Waals surface area (Å²) < 4.78 is 531. The highest BCUT2D eigenvalue weighted by atomic mass is 19.5. The average molecular weight is 1670 g/mol. The number of ether oxygens (including phenoxy) is 3. The summed E-state index contributed by atoms with van der Waals surface area (Å²) in [5.74, 6) is -28.4. The molecule has 8 aliphatic carbocycles. The lowest BCUT2D eigenvalue weighted by Crippen LogP contribution is -2.67. The molecule has 0 aromatic carbocycles. The highest BCUT2D eigenvalue weighted by molar-refractivity contribution is 5.81. The molecular weight excluding hydrogens is 1600 g/mol. The summed E-state index contributed by atoms with van der Waals surface area (Å²) in [5.41, 5.74) is -42.3. The lowest BCUT2D eigenvalue weighted by Gasteiger charge is -2.62. The molecule has 0 heterocycles. The van der Waals surface area contributed by atoms with Crippen LogP contribution >= 0.6 is 0 Å². The number of hydrogen-bond acceptors (Lipinski definition) is 9. The van der Waals surface area contributed by atoms with Crippen molar-refractivity contribution in [3.05, 3.63) is 0 Å². The van der Waals surface area contributed by atoms with Gasteiger partial charge in [0, 0.05) is 23.2 Å². The Kier molecular flexibility index (Phi) is 24.6. The summed E-state index contributed by atoms with van der Waals surface area (Å²) in [4.78, 5) is 44.3. The predicted octanol–water partition coefficient (Wildman–Crippen LogP) is 22.5. The Bertz CT molecular complexity index is 3110. The van der Waals surface area contributed by atoms with Gasteiger partial charge in [-0.3, -0.25) is 19.6 Å². The summed E-state index contributed by atoms with van der Waals surface area (Å²) in [6.07, 6.45) is -100. The summed E-state index contributed by atoms with van der Waals surface area (Å²) >= 11 is 0. The molecule has 9 atom stereocenters. The first kappa shape index (κ1) is 93.6. The van der Waals surface area contributed by atoms with Crippen molar-refractivity contribution in [1.82, 2.24) is 0 Å². The third-order valence-corrected chi connectivity index (χ3v) is 25.1. The van der Waals surface area contributed by atoms with Gasteiger partial charge in [0.2, 0.25) is 0 Å². The van der Waals surface area contributed by atoms with Crippen LogP contribution < -0.4 is 0 Å². The minimum atomic E-state index is -6.95. The summed E-state index contributed by atoms with van der Waals surface area (Å²) in [7, 11) is 0. The second-order valence-electron chi connectivity index (χ2n) is 32.4. The normalized spacial score (nSPS) is 31.0. The number of rotatable bonds is 17. The van der Waals surface area contributed by atoms with Gasteiger partial charge in [0.1, 0.15) is 11.7 Å². The summed E-state index contributed by atoms with van der Waals surface area (Å²) in [5, 5.41) is 19.7. The van der Waals surface area contributed by atoms with Gasteiger partial charge in [0.25, 0.3) is 5.60 Å². The fraction of sp³-hybridized carbons (Fsp3) is 0.953. The van der Waals surface area contributed by atoms with Crippen LogP contribution in [0.5, 0.6) is 0 Å². The van der Waals surface area contributed by atoms with E-state index in [1.165, 1.54) is 20.8 Å². The van der Waals surface area contributed by atoms with Crippen molar-refractivity contribution in [3.63, 3.8) is 0 Å². The van der Waals surface area contributed by atoms with E-state index in [4.69, 9.17) is 4.74 Å². The van der Waals surface area contributed by atoms with Crippen molar-refractivity contribution in [2.24, 2.45) is 97.6 Å². The van der Waals surface area contributed by atoms with E-state index in [0.29, 0.717) is 26.2 Å². The van der Waals surface area contributed by atoms with Crippen LogP contribution in [0.25, 0.3) is 0 Å². The van der Waals surface area contributed by atoms with E-state index in [-0.39, 0.29) is 50.9 Å². The van der Waals surface area contributed by atoms with Crippen molar-refractivity contribution >= 4 is 17.9 Å². The molecule has 0 spiro atoms. The molecule has 8 saturated carbocycles. The average Bonchev–Trinajstić information content (AvgIpc) is 1.60. The van der Waals surface area contributed by atoms with Crippen LogP contribution in [0.3, 0.4) is 0 Å². The molecule has 8 fully saturated rings. The van der Waals surface area contributed by atoms with Gasteiger partial charge >= 0.3 is 103 Å². The molecule has 6 bridgehead atoms. The van der Waals surface area contributed by atoms with Crippen LogP contribution in [0, 0.1) is 97.6 Å². The second-order valence-corrected chi connectivity index (χ2v) is 32.4. The Hall–Kier alpha value is -4.23. The molecule has 0 aromatic rings. The van der Waals surface area contributed by atoms with Crippen molar-refractivity contribution in [2.45, 2.75) is 280 Å². The number of halogens is 36. The van der Waals surface area contributed by atoms with E-state index in [9.17, 15) is 156 Å². The molecule has 0 aromatic heterocycles. The number of hydrogen-bond donors (Lipinski definition) is 2. The minimum absolute atomic E-state index is 0.0775. The minimum Gasteiger partial charge on any atom is -0.459 e. The van der Waals surface area contributed by atoms with Gasteiger partial charge in [-0.25, -0.2) is 4.89 Å². The Morgan fingerprint density at radius 3 is 1.04 bits per heavy atom. The van der Waals surface area contributed by atoms with Gasteiger partial charge in [0.05, 0.1) is 5.41 Å². The molecule has 9 nitrogen and oxygen atoms in total. The fourth-order valence-corrected chi connectivity index (χ4v) is 19.5. The molecule has 0 saturated heterocycles. The number of alkyl halides is 36. The summed E-state index contributed by atoms with van der Waals surface area (Å²) in [6, 6.07) is 0. The lowest BCUT2D eigenvalue weighted by molar-refractivity contribution is -0.403. The maximum atomic E-state index is 15.4. The smallest absolute Gasteiger partial charge is 0.437 e. The van der Waals surface area contributed by atoms with E-state index in [1.54, 1.807) is 0 Å². The lowest BCUT2D eigenvalue weighted by atomic mass is 9.45. The van der Waals surface area contributed by atoms with Gasteiger partial charge < -0.3 is 19.3 Å². The van der Waals surface area contributed by atoms with E-state index in [2.05, 4.69) is 14.4 Å². The molecule has 9 unspecified atom stereocenters. The molecule has 109 heavy (non-hydrogen) atoms. The molecular formula is C64H76F36O9. The van der Waals surface area contributed by atoms with Gasteiger partial charge in [0.15, 0.2) is 21.7 Å². The van der Waals surface area contributed by atoms with Crippen LogP contribution in [0.2, 0.25) is 0 Å². The van der Waals surface area contributed by atoms with Gasteiger partial charge in [-0.2, -0.15) is 158 Å². The molecule has 45 heteroatoms. The molecule has 638 valence electrons. The highest BCUT2D eigenvalue weighted by Gasteiger charge is 2.84. The molecule has 0 aliphatic heterocycles.